The summed E-state index contributed by atoms with van der Waals surface area (Å²) in [4.78, 5) is 10.3. The van der Waals surface area contributed by atoms with Gasteiger partial charge in [0, 0.05) is 17.4 Å². The smallest absolute Gasteiger partial charge is 0.158 e. The Morgan fingerprint density at radius 2 is 1.57 bits per heavy atom. The number of aromatic nitrogens is 1. The molecule has 4 aromatic rings. The zero-order valence-corrected chi connectivity index (χ0v) is 17.1. The fourth-order valence-corrected chi connectivity index (χ4v) is 4.19. The molecule has 148 valence electrons. The molecule has 0 radical (unpaired) electrons. The van der Waals surface area contributed by atoms with Crippen molar-refractivity contribution in [2.75, 3.05) is 0 Å². The van der Waals surface area contributed by atoms with Crippen LogP contribution < -0.4 is 4.74 Å². The largest absolute Gasteiger partial charge is 0.487 e. The first-order chi connectivity index (χ1) is 14.8. The Labute approximate surface area is 179 Å². The molecule has 1 aliphatic rings. The molecule has 1 aromatic heterocycles. The summed E-state index contributed by atoms with van der Waals surface area (Å²) >= 11 is 1.63. The maximum Gasteiger partial charge on any atom is 0.158 e. The SMILES string of the molecule is c1ccc(C2=NOC(c3ccc(OCc4csc(-c5ccccc5)n4)cc3)C2)cc1. The fourth-order valence-electron chi connectivity index (χ4n) is 3.38. The Bertz CT molecular complexity index is 1140. The normalized spacial score (nSPS) is 15.5. The van der Waals surface area contributed by atoms with Crippen molar-refractivity contribution >= 4 is 17.0 Å². The molecule has 0 fully saturated rings. The van der Waals surface area contributed by atoms with Crippen molar-refractivity contribution in [2.45, 2.75) is 19.1 Å². The lowest BCUT2D eigenvalue weighted by Crippen LogP contribution is -2.01. The maximum absolute atomic E-state index is 5.92. The average Bonchev–Trinajstić information content (AvgIpc) is 3.50. The lowest BCUT2D eigenvalue weighted by Gasteiger charge is -2.10. The Balaban J connectivity index is 1.18. The van der Waals surface area contributed by atoms with Crippen LogP contribution in [-0.2, 0) is 11.4 Å². The van der Waals surface area contributed by atoms with Gasteiger partial charge in [0.05, 0.1) is 11.4 Å². The Morgan fingerprint density at radius 1 is 0.867 bits per heavy atom. The maximum atomic E-state index is 5.92. The predicted octanol–water partition coefficient (Wildman–Crippen LogP) is 6.25. The van der Waals surface area contributed by atoms with E-state index in [9.17, 15) is 0 Å². The van der Waals surface area contributed by atoms with Crippen LogP contribution in [0.15, 0.2) is 95.5 Å². The first kappa shape index (κ1) is 18.6. The number of benzene rings is 3. The third-order valence-corrected chi connectivity index (χ3v) is 5.93. The molecule has 1 unspecified atom stereocenters. The Hall–Kier alpha value is -3.44. The van der Waals surface area contributed by atoms with Gasteiger partial charge in [0.15, 0.2) is 6.10 Å². The second-order valence-corrected chi connectivity index (χ2v) is 7.93. The molecule has 1 atom stereocenters. The van der Waals surface area contributed by atoms with Gasteiger partial charge in [-0.3, -0.25) is 0 Å². The third-order valence-electron chi connectivity index (χ3n) is 4.99. The van der Waals surface area contributed by atoms with E-state index in [1.165, 1.54) is 0 Å². The molecule has 0 aliphatic carbocycles. The molecule has 0 amide bonds. The summed E-state index contributed by atoms with van der Waals surface area (Å²) in [6, 6.07) is 28.4. The van der Waals surface area contributed by atoms with E-state index in [0.29, 0.717) is 6.61 Å². The molecule has 30 heavy (non-hydrogen) atoms. The topological polar surface area (TPSA) is 43.7 Å². The average molecular weight is 413 g/mol. The van der Waals surface area contributed by atoms with Gasteiger partial charge >= 0.3 is 0 Å². The number of thiazole rings is 1. The second kappa shape index (κ2) is 8.51. The molecule has 0 saturated carbocycles. The van der Waals surface area contributed by atoms with Crippen LogP contribution in [0.3, 0.4) is 0 Å². The second-order valence-electron chi connectivity index (χ2n) is 7.07. The summed E-state index contributed by atoms with van der Waals surface area (Å²) in [5, 5.41) is 7.33. The molecular weight excluding hydrogens is 392 g/mol. The molecule has 1 aliphatic heterocycles. The van der Waals surface area contributed by atoms with Crippen LogP contribution in [0.5, 0.6) is 5.75 Å². The molecular formula is C25H20N2O2S. The monoisotopic (exact) mass is 412 g/mol. The predicted molar refractivity (Wildman–Crippen MR) is 120 cm³/mol. The van der Waals surface area contributed by atoms with Gasteiger partial charge in [0.1, 0.15) is 17.4 Å². The van der Waals surface area contributed by atoms with E-state index in [0.717, 1.165) is 45.3 Å². The molecule has 4 nitrogen and oxygen atoms in total. The highest BCUT2D eigenvalue weighted by molar-refractivity contribution is 7.13. The minimum Gasteiger partial charge on any atom is -0.487 e. The zero-order chi connectivity index (χ0) is 20.2. The van der Waals surface area contributed by atoms with Crippen molar-refractivity contribution in [3.63, 3.8) is 0 Å². The van der Waals surface area contributed by atoms with Gasteiger partial charge in [-0.1, -0.05) is 78.0 Å². The number of oxime groups is 1. The standard InChI is InChI=1S/C25H20N2O2S/c1-3-7-18(8-4-1)23-15-24(29-27-23)19-11-13-22(14-12-19)28-16-21-17-30-25(26-21)20-9-5-2-6-10-20/h1-14,17,24H,15-16H2. The minimum atomic E-state index is -0.0544. The van der Waals surface area contributed by atoms with Gasteiger partial charge in [0.25, 0.3) is 0 Å². The van der Waals surface area contributed by atoms with Gasteiger partial charge in [-0.15, -0.1) is 11.3 Å². The van der Waals surface area contributed by atoms with Crippen molar-refractivity contribution in [2.24, 2.45) is 5.16 Å². The van der Waals surface area contributed by atoms with Crippen molar-refractivity contribution in [1.29, 1.82) is 0 Å². The summed E-state index contributed by atoms with van der Waals surface area (Å²) in [5.41, 5.74) is 5.25. The summed E-state index contributed by atoms with van der Waals surface area (Å²) in [7, 11) is 0. The molecule has 2 heterocycles. The Kier molecular flexibility index (Phi) is 5.27. The summed E-state index contributed by atoms with van der Waals surface area (Å²) < 4.78 is 5.92. The Morgan fingerprint density at radius 3 is 2.30 bits per heavy atom. The number of ether oxygens (including phenoxy) is 1. The van der Waals surface area contributed by atoms with E-state index in [1.54, 1.807) is 11.3 Å². The molecule has 0 N–H and O–H groups in total. The van der Waals surface area contributed by atoms with Gasteiger partial charge in [-0.05, 0) is 23.3 Å². The van der Waals surface area contributed by atoms with Gasteiger partial charge in [-0.2, -0.15) is 0 Å². The van der Waals surface area contributed by atoms with E-state index in [4.69, 9.17) is 9.57 Å². The number of hydrogen-bond acceptors (Lipinski definition) is 5. The van der Waals surface area contributed by atoms with Crippen LogP contribution in [0.2, 0.25) is 0 Å². The quantitative estimate of drug-likeness (QED) is 0.376. The first-order valence-corrected chi connectivity index (χ1v) is 10.7. The van der Waals surface area contributed by atoms with Crippen LogP contribution in [0.1, 0.15) is 29.3 Å². The van der Waals surface area contributed by atoms with E-state index < -0.39 is 0 Å². The van der Waals surface area contributed by atoms with Crippen LogP contribution in [0.4, 0.5) is 0 Å². The molecule has 5 heteroatoms. The van der Waals surface area contributed by atoms with Crippen molar-refractivity contribution in [3.05, 3.63) is 107 Å². The fraction of sp³-hybridized carbons (Fsp3) is 0.120. The summed E-state index contributed by atoms with van der Waals surface area (Å²) in [6.45, 7) is 0.448. The highest BCUT2D eigenvalue weighted by Gasteiger charge is 2.23. The van der Waals surface area contributed by atoms with Gasteiger partial charge in [0.2, 0.25) is 0 Å². The molecule has 0 spiro atoms. The highest BCUT2D eigenvalue weighted by Crippen LogP contribution is 2.31. The minimum absolute atomic E-state index is 0.0544. The number of rotatable bonds is 6. The van der Waals surface area contributed by atoms with Crippen LogP contribution in [0.25, 0.3) is 10.6 Å². The van der Waals surface area contributed by atoms with E-state index in [1.807, 2.05) is 66.0 Å². The van der Waals surface area contributed by atoms with E-state index >= 15 is 0 Å². The molecule has 0 saturated heterocycles. The van der Waals surface area contributed by atoms with Gasteiger partial charge < -0.3 is 9.57 Å². The van der Waals surface area contributed by atoms with Crippen LogP contribution in [0, 0.1) is 0 Å². The molecule has 0 bridgehead atoms. The number of nitrogens with zero attached hydrogens (tertiary/aromatic N) is 2. The molecule has 3 aromatic carbocycles. The van der Waals surface area contributed by atoms with E-state index in [2.05, 4.69) is 34.4 Å². The van der Waals surface area contributed by atoms with Crippen LogP contribution in [-0.4, -0.2) is 10.7 Å². The van der Waals surface area contributed by atoms with Crippen molar-refractivity contribution in [1.82, 2.24) is 4.98 Å². The van der Waals surface area contributed by atoms with Crippen LogP contribution >= 0.6 is 11.3 Å². The van der Waals surface area contributed by atoms with Crippen molar-refractivity contribution < 1.29 is 9.57 Å². The third kappa shape index (κ3) is 4.11. The first-order valence-electron chi connectivity index (χ1n) is 9.86. The summed E-state index contributed by atoms with van der Waals surface area (Å²) in [5.74, 6) is 0.815. The lowest BCUT2D eigenvalue weighted by molar-refractivity contribution is 0.0857. The zero-order valence-electron chi connectivity index (χ0n) is 16.3. The highest BCUT2D eigenvalue weighted by atomic mass is 32.1. The molecule has 5 rings (SSSR count). The number of hydrogen-bond donors (Lipinski definition) is 0. The van der Waals surface area contributed by atoms with Gasteiger partial charge in [-0.25, -0.2) is 4.98 Å². The van der Waals surface area contributed by atoms with Crippen molar-refractivity contribution in [3.8, 4) is 16.3 Å². The van der Waals surface area contributed by atoms with E-state index in [-0.39, 0.29) is 6.10 Å². The summed E-state index contributed by atoms with van der Waals surface area (Å²) in [6.07, 6.45) is 0.715. The lowest BCUT2D eigenvalue weighted by atomic mass is 10.0.